The zero-order valence-electron chi connectivity index (χ0n) is 8.95. The lowest BCUT2D eigenvalue weighted by molar-refractivity contribution is 0.0400. The average Bonchev–Trinajstić information content (AvgIpc) is 2.67. The molecule has 1 aromatic rings. The highest BCUT2D eigenvalue weighted by atomic mass is 16.7. The van der Waals surface area contributed by atoms with E-state index in [0.717, 1.165) is 11.4 Å². The maximum Gasteiger partial charge on any atom is 0.189 e. The van der Waals surface area contributed by atoms with Crippen molar-refractivity contribution < 1.29 is 4.84 Å². The third-order valence-electron chi connectivity index (χ3n) is 2.23. The molecule has 0 saturated heterocycles. The van der Waals surface area contributed by atoms with E-state index >= 15 is 0 Å². The van der Waals surface area contributed by atoms with Crippen LogP contribution in [0.1, 0.15) is 11.1 Å². The number of nitrogens with zero attached hydrogens (tertiary/aromatic N) is 1. The lowest BCUT2D eigenvalue weighted by atomic mass is 10.1. The molecule has 1 aliphatic rings. The number of aliphatic imine (C=N–C) groups is 1. The van der Waals surface area contributed by atoms with E-state index in [1.165, 1.54) is 5.56 Å². The Morgan fingerprint density at radius 3 is 3.13 bits per heavy atom. The van der Waals surface area contributed by atoms with E-state index in [4.69, 9.17) is 4.84 Å². The van der Waals surface area contributed by atoms with Gasteiger partial charge in [0.1, 0.15) is 0 Å². The van der Waals surface area contributed by atoms with E-state index in [2.05, 4.69) is 34.8 Å². The summed E-state index contributed by atoms with van der Waals surface area (Å²) >= 11 is 0. The Bertz CT molecular complexity index is 376. The van der Waals surface area contributed by atoms with Gasteiger partial charge in [-0.1, -0.05) is 23.8 Å². The molecule has 1 atom stereocenters. The smallest absolute Gasteiger partial charge is 0.189 e. The van der Waals surface area contributed by atoms with E-state index in [-0.39, 0.29) is 6.23 Å². The van der Waals surface area contributed by atoms with Gasteiger partial charge in [0.2, 0.25) is 0 Å². The molecule has 1 unspecified atom stereocenters. The molecule has 1 aromatic carbocycles. The van der Waals surface area contributed by atoms with Crippen LogP contribution in [0.2, 0.25) is 0 Å². The van der Waals surface area contributed by atoms with Gasteiger partial charge in [-0.3, -0.25) is 0 Å². The number of hydroxylamine groups is 1. The maximum atomic E-state index is 5.28. The summed E-state index contributed by atoms with van der Waals surface area (Å²) in [5.74, 6) is 0.805. The van der Waals surface area contributed by atoms with Crippen molar-refractivity contribution in [2.45, 2.75) is 13.2 Å². The number of benzene rings is 1. The van der Waals surface area contributed by atoms with Crippen LogP contribution < -0.4 is 10.8 Å². The molecule has 0 bridgehead atoms. The molecule has 4 nitrogen and oxygen atoms in total. The highest BCUT2D eigenvalue weighted by Crippen LogP contribution is 2.09. The van der Waals surface area contributed by atoms with Gasteiger partial charge in [-0.25, -0.2) is 15.3 Å². The molecule has 1 aliphatic heterocycles. The molecule has 0 saturated carbocycles. The minimum atomic E-state index is -0.134. The van der Waals surface area contributed by atoms with Gasteiger partial charge in [-0.05, 0) is 20.0 Å². The van der Waals surface area contributed by atoms with E-state index in [1.54, 1.807) is 0 Å². The van der Waals surface area contributed by atoms with Crippen LogP contribution in [0.3, 0.4) is 0 Å². The van der Waals surface area contributed by atoms with Crippen LogP contribution >= 0.6 is 0 Å². The average molecular weight is 205 g/mol. The third kappa shape index (κ3) is 2.34. The Morgan fingerprint density at radius 1 is 1.53 bits per heavy atom. The van der Waals surface area contributed by atoms with Gasteiger partial charge in [0, 0.05) is 12.1 Å². The number of likely N-dealkylation sites (N-methyl/N-ethyl adjacent to an activating group) is 1. The van der Waals surface area contributed by atoms with Crippen molar-refractivity contribution >= 4 is 5.84 Å². The lowest BCUT2D eigenvalue weighted by Crippen LogP contribution is -2.25. The van der Waals surface area contributed by atoms with Crippen molar-refractivity contribution in [3.8, 4) is 0 Å². The van der Waals surface area contributed by atoms with Gasteiger partial charge < -0.3 is 5.32 Å². The van der Waals surface area contributed by atoms with Crippen LogP contribution in [-0.2, 0) is 4.84 Å². The molecular formula is C11H15N3O. The first-order chi connectivity index (χ1) is 7.29. The van der Waals surface area contributed by atoms with Gasteiger partial charge in [0.25, 0.3) is 0 Å². The van der Waals surface area contributed by atoms with Crippen LogP contribution in [0.5, 0.6) is 0 Å². The molecule has 0 fully saturated rings. The molecule has 15 heavy (non-hydrogen) atoms. The van der Waals surface area contributed by atoms with Gasteiger partial charge in [-0.15, -0.1) is 0 Å². The third-order valence-corrected chi connectivity index (χ3v) is 2.23. The molecule has 0 amide bonds. The van der Waals surface area contributed by atoms with Gasteiger partial charge in [0.05, 0.1) is 0 Å². The molecule has 1 heterocycles. The summed E-state index contributed by atoms with van der Waals surface area (Å²) in [6.45, 7) is 2.77. The Kier molecular flexibility index (Phi) is 2.99. The van der Waals surface area contributed by atoms with Gasteiger partial charge in [-0.2, -0.15) is 0 Å². The summed E-state index contributed by atoms with van der Waals surface area (Å²) in [6, 6.07) is 8.17. The standard InChI is InChI=1S/C11H15N3O/c1-8-4-3-5-9(6-8)11-13-10(7-12-2)15-14-11/h3-6,10,12H,7H2,1-2H3,(H,13,14). The van der Waals surface area contributed by atoms with Crippen LogP contribution in [0.25, 0.3) is 0 Å². The first-order valence-electron chi connectivity index (χ1n) is 5.00. The van der Waals surface area contributed by atoms with Crippen LogP contribution in [0.15, 0.2) is 29.3 Å². The second kappa shape index (κ2) is 4.42. The molecule has 0 spiro atoms. The molecule has 0 aromatic heterocycles. The summed E-state index contributed by atoms with van der Waals surface area (Å²) < 4.78 is 0. The molecule has 4 heteroatoms. The SMILES string of the molecule is CNCC1N=C(c2cccc(C)c2)NO1. The lowest BCUT2D eigenvalue weighted by Gasteiger charge is -2.03. The van der Waals surface area contributed by atoms with Crippen molar-refractivity contribution in [2.24, 2.45) is 4.99 Å². The Balaban J connectivity index is 2.15. The summed E-state index contributed by atoms with van der Waals surface area (Å²) in [5, 5.41) is 3.02. The second-order valence-electron chi connectivity index (χ2n) is 3.58. The van der Waals surface area contributed by atoms with Crippen molar-refractivity contribution in [3.05, 3.63) is 35.4 Å². The Hall–Kier alpha value is -1.39. The largest absolute Gasteiger partial charge is 0.315 e. The van der Waals surface area contributed by atoms with Crippen molar-refractivity contribution in [3.63, 3.8) is 0 Å². The van der Waals surface area contributed by atoms with Crippen molar-refractivity contribution in [1.29, 1.82) is 0 Å². The number of rotatable bonds is 3. The fraction of sp³-hybridized carbons (Fsp3) is 0.364. The zero-order chi connectivity index (χ0) is 10.7. The molecule has 0 radical (unpaired) electrons. The monoisotopic (exact) mass is 205 g/mol. The molecule has 2 rings (SSSR count). The predicted molar refractivity (Wildman–Crippen MR) is 59.7 cm³/mol. The minimum absolute atomic E-state index is 0.134. The predicted octanol–water partition coefficient (Wildman–Crippen LogP) is 0.822. The summed E-state index contributed by atoms with van der Waals surface area (Å²) in [4.78, 5) is 9.69. The Morgan fingerprint density at radius 2 is 2.40 bits per heavy atom. The molecule has 80 valence electrons. The van der Waals surface area contributed by atoms with Gasteiger partial charge in [0.15, 0.2) is 12.1 Å². The number of hydrogen-bond donors (Lipinski definition) is 2. The topological polar surface area (TPSA) is 45.7 Å². The maximum absolute atomic E-state index is 5.28. The van der Waals surface area contributed by atoms with Crippen LogP contribution in [0, 0.1) is 6.92 Å². The highest BCUT2D eigenvalue weighted by molar-refractivity contribution is 5.98. The fourth-order valence-corrected chi connectivity index (χ4v) is 1.51. The number of nitrogens with one attached hydrogen (secondary N) is 2. The van der Waals surface area contributed by atoms with E-state index in [1.807, 2.05) is 19.2 Å². The Labute approximate surface area is 89.3 Å². The first kappa shape index (κ1) is 10.1. The molecule has 0 aliphatic carbocycles. The zero-order valence-corrected chi connectivity index (χ0v) is 8.95. The second-order valence-corrected chi connectivity index (χ2v) is 3.58. The van der Waals surface area contributed by atoms with Crippen LogP contribution in [0.4, 0.5) is 0 Å². The minimum Gasteiger partial charge on any atom is -0.315 e. The van der Waals surface area contributed by atoms with Crippen LogP contribution in [-0.4, -0.2) is 25.7 Å². The quantitative estimate of drug-likeness (QED) is 0.768. The number of amidine groups is 1. The summed E-state index contributed by atoms with van der Waals surface area (Å²) in [5.41, 5.74) is 5.13. The number of hydrogen-bond acceptors (Lipinski definition) is 4. The molecule has 2 N–H and O–H groups in total. The van der Waals surface area contributed by atoms with E-state index < -0.39 is 0 Å². The summed E-state index contributed by atoms with van der Waals surface area (Å²) in [6.07, 6.45) is -0.134. The normalized spacial score (nSPS) is 19.9. The van der Waals surface area contributed by atoms with E-state index in [9.17, 15) is 0 Å². The first-order valence-corrected chi connectivity index (χ1v) is 5.00. The fourth-order valence-electron chi connectivity index (χ4n) is 1.51. The van der Waals surface area contributed by atoms with Crippen molar-refractivity contribution in [1.82, 2.24) is 10.8 Å². The van der Waals surface area contributed by atoms with Crippen molar-refractivity contribution in [2.75, 3.05) is 13.6 Å². The highest BCUT2D eigenvalue weighted by Gasteiger charge is 2.17. The van der Waals surface area contributed by atoms with Gasteiger partial charge >= 0.3 is 0 Å². The summed E-state index contributed by atoms with van der Waals surface area (Å²) in [7, 11) is 1.88. The van der Waals surface area contributed by atoms with E-state index in [0.29, 0.717) is 6.54 Å². The molecular weight excluding hydrogens is 190 g/mol. The number of aryl methyl sites for hydroxylation is 1.